The molecule has 88 valence electrons. The van der Waals surface area contributed by atoms with Crippen molar-refractivity contribution in [3.8, 4) is 0 Å². The third-order valence-corrected chi connectivity index (χ3v) is 2.62. The van der Waals surface area contributed by atoms with Gasteiger partial charge >= 0.3 is 0 Å². The highest BCUT2D eigenvalue weighted by Gasteiger charge is 2.08. The predicted molar refractivity (Wildman–Crippen MR) is 70.4 cm³/mol. The van der Waals surface area contributed by atoms with Gasteiger partial charge in [-0.05, 0) is 31.4 Å². The van der Waals surface area contributed by atoms with E-state index in [1.165, 1.54) is 11.1 Å². The molecule has 0 saturated carbocycles. The van der Waals surface area contributed by atoms with Crippen LogP contribution in [-0.4, -0.2) is 12.7 Å². The van der Waals surface area contributed by atoms with Gasteiger partial charge in [0.05, 0.1) is 6.10 Å². The molecule has 1 aromatic rings. The lowest BCUT2D eigenvalue weighted by Crippen LogP contribution is -2.13. The molecule has 16 heavy (non-hydrogen) atoms. The van der Waals surface area contributed by atoms with Crippen LogP contribution in [0.15, 0.2) is 35.9 Å². The molecule has 0 N–H and O–H groups in total. The molecular weight excluding hydrogens is 196 g/mol. The third-order valence-electron chi connectivity index (χ3n) is 2.62. The van der Waals surface area contributed by atoms with Crippen LogP contribution in [0.2, 0.25) is 0 Å². The summed E-state index contributed by atoms with van der Waals surface area (Å²) >= 11 is 0. The zero-order valence-electron chi connectivity index (χ0n) is 10.6. The van der Waals surface area contributed by atoms with Crippen molar-refractivity contribution in [2.45, 2.75) is 39.7 Å². The molecular formula is C15H22O. The molecule has 0 amide bonds. The van der Waals surface area contributed by atoms with E-state index in [0.717, 1.165) is 19.4 Å². The molecule has 0 spiro atoms. The Morgan fingerprint density at radius 3 is 2.50 bits per heavy atom. The molecule has 0 aliphatic rings. The summed E-state index contributed by atoms with van der Waals surface area (Å²) in [5.41, 5.74) is 2.57. The number of rotatable bonds is 6. The molecule has 1 heteroatoms. The van der Waals surface area contributed by atoms with Crippen molar-refractivity contribution in [1.82, 2.24) is 0 Å². The number of ether oxygens (including phenoxy) is 1. The fourth-order valence-corrected chi connectivity index (χ4v) is 1.81. The molecule has 0 fully saturated rings. The fraction of sp³-hybridized carbons (Fsp3) is 0.467. The highest BCUT2D eigenvalue weighted by Crippen LogP contribution is 2.16. The Bertz CT molecular complexity index is 307. The molecule has 0 bridgehead atoms. The maximum atomic E-state index is 5.75. The minimum absolute atomic E-state index is 0.273. The maximum Gasteiger partial charge on any atom is 0.0785 e. The lowest BCUT2D eigenvalue weighted by Gasteiger charge is -2.17. The SMILES string of the molecule is CCCC(OCC)/C(C)=C/c1ccccc1. The maximum absolute atomic E-state index is 5.75. The zero-order chi connectivity index (χ0) is 11.8. The summed E-state index contributed by atoms with van der Waals surface area (Å²) in [6, 6.07) is 10.4. The quantitative estimate of drug-likeness (QED) is 0.692. The topological polar surface area (TPSA) is 9.23 Å². The third kappa shape index (κ3) is 4.19. The van der Waals surface area contributed by atoms with Crippen LogP contribution in [-0.2, 0) is 4.74 Å². The Hall–Kier alpha value is -1.08. The molecule has 0 radical (unpaired) electrons. The molecule has 0 saturated heterocycles. The summed E-state index contributed by atoms with van der Waals surface area (Å²) in [6.07, 6.45) is 4.75. The Morgan fingerprint density at radius 1 is 1.25 bits per heavy atom. The Labute approximate surface area is 99.1 Å². The second-order valence-corrected chi connectivity index (χ2v) is 4.03. The van der Waals surface area contributed by atoms with Crippen LogP contribution in [0, 0.1) is 0 Å². The van der Waals surface area contributed by atoms with Crippen LogP contribution in [0.4, 0.5) is 0 Å². The van der Waals surface area contributed by atoms with Crippen LogP contribution >= 0.6 is 0 Å². The van der Waals surface area contributed by atoms with Gasteiger partial charge < -0.3 is 4.74 Å². The summed E-state index contributed by atoms with van der Waals surface area (Å²) in [6.45, 7) is 7.19. The summed E-state index contributed by atoms with van der Waals surface area (Å²) in [5.74, 6) is 0. The molecule has 1 nitrogen and oxygen atoms in total. The molecule has 0 heterocycles. The van der Waals surface area contributed by atoms with Gasteiger partial charge in [0.15, 0.2) is 0 Å². The summed E-state index contributed by atoms with van der Waals surface area (Å²) in [5, 5.41) is 0. The van der Waals surface area contributed by atoms with E-state index < -0.39 is 0 Å². The van der Waals surface area contributed by atoms with Crippen molar-refractivity contribution in [2.75, 3.05) is 6.61 Å². The highest BCUT2D eigenvalue weighted by atomic mass is 16.5. The van der Waals surface area contributed by atoms with Crippen molar-refractivity contribution in [3.63, 3.8) is 0 Å². The van der Waals surface area contributed by atoms with Gasteiger partial charge in [-0.15, -0.1) is 0 Å². The van der Waals surface area contributed by atoms with Crippen LogP contribution in [0.25, 0.3) is 6.08 Å². The minimum Gasteiger partial charge on any atom is -0.374 e. The van der Waals surface area contributed by atoms with E-state index in [1.54, 1.807) is 0 Å². The van der Waals surface area contributed by atoms with Gasteiger partial charge in [-0.25, -0.2) is 0 Å². The van der Waals surface area contributed by atoms with Crippen molar-refractivity contribution < 1.29 is 4.74 Å². The molecule has 0 aliphatic heterocycles. The summed E-state index contributed by atoms with van der Waals surface area (Å²) < 4.78 is 5.75. The van der Waals surface area contributed by atoms with E-state index in [-0.39, 0.29) is 6.10 Å². The average Bonchev–Trinajstić information content (AvgIpc) is 2.30. The van der Waals surface area contributed by atoms with Gasteiger partial charge in [-0.3, -0.25) is 0 Å². The standard InChI is InChI=1S/C15H22O/c1-4-9-15(16-5-2)13(3)12-14-10-7-6-8-11-14/h6-8,10-12,15H,4-5,9H2,1-3H3/b13-12+. The first-order chi connectivity index (χ1) is 7.77. The lowest BCUT2D eigenvalue weighted by molar-refractivity contribution is 0.0824. The van der Waals surface area contributed by atoms with Gasteiger partial charge in [-0.1, -0.05) is 49.8 Å². The first-order valence-corrected chi connectivity index (χ1v) is 6.12. The number of hydrogen-bond donors (Lipinski definition) is 0. The van der Waals surface area contributed by atoms with Gasteiger partial charge in [0, 0.05) is 6.61 Å². The minimum atomic E-state index is 0.273. The Kier molecular flexibility index (Phi) is 5.87. The second kappa shape index (κ2) is 7.24. The molecule has 0 aromatic heterocycles. The first-order valence-electron chi connectivity index (χ1n) is 6.12. The van der Waals surface area contributed by atoms with Crippen molar-refractivity contribution in [2.24, 2.45) is 0 Å². The van der Waals surface area contributed by atoms with E-state index in [1.807, 2.05) is 6.07 Å². The predicted octanol–water partition coefficient (Wildman–Crippen LogP) is 4.30. The average molecular weight is 218 g/mol. The largest absolute Gasteiger partial charge is 0.374 e. The first kappa shape index (κ1) is 13.0. The van der Waals surface area contributed by atoms with Crippen molar-refractivity contribution >= 4 is 6.08 Å². The van der Waals surface area contributed by atoms with E-state index in [2.05, 4.69) is 51.1 Å². The van der Waals surface area contributed by atoms with Gasteiger partial charge in [0.1, 0.15) is 0 Å². The van der Waals surface area contributed by atoms with Gasteiger partial charge in [-0.2, -0.15) is 0 Å². The van der Waals surface area contributed by atoms with Crippen molar-refractivity contribution in [3.05, 3.63) is 41.5 Å². The molecule has 0 aliphatic carbocycles. The van der Waals surface area contributed by atoms with Crippen molar-refractivity contribution in [1.29, 1.82) is 0 Å². The van der Waals surface area contributed by atoms with Crippen LogP contribution in [0.5, 0.6) is 0 Å². The Balaban J connectivity index is 2.73. The van der Waals surface area contributed by atoms with E-state index in [4.69, 9.17) is 4.74 Å². The van der Waals surface area contributed by atoms with Crippen LogP contribution in [0.1, 0.15) is 39.2 Å². The lowest BCUT2D eigenvalue weighted by atomic mass is 10.0. The smallest absolute Gasteiger partial charge is 0.0785 e. The normalized spacial score (nSPS) is 13.8. The number of benzene rings is 1. The summed E-state index contributed by atoms with van der Waals surface area (Å²) in [7, 11) is 0. The van der Waals surface area contributed by atoms with E-state index in [0.29, 0.717) is 0 Å². The Morgan fingerprint density at radius 2 is 1.94 bits per heavy atom. The highest BCUT2D eigenvalue weighted by molar-refractivity contribution is 5.52. The molecule has 1 aromatic carbocycles. The fourth-order valence-electron chi connectivity index (χ4n) is 1.81. The van der Waals surface area contributed by atoms with Gasteiger partial charge in [0.25, 0.3) is 0 Å². The molecule has 1 atom stereocenters. The molecule has 1 unspecified atom stereocenters. The van der Waals surface area contributed by atoms with Crippen LogP contribution < -0.4 is 0 Å². The zero-order valence-corrected chi connectivity index (χ0v) is 10.6. The monoisotopic (exact) mass is 218 g/mol. The molecule has 1 rings (SSSR count). The van der Waals surface area contributed by atoms with Gasteiger partial charge in [0.2, 0.25) is 0 Å². The second-order valence-electron chi connectivity index (χ2n) is 4.03. The van der Waals surface area contributed by atoms with E-state index in [9.17, 15) is 0 Å². The number of hydrogen-bond acceptors (Lipinski definition) is 1. The van der Waals surface area contributed by atoms with Crippen LogP contribution in [0.3, 0.4) is 0 Å². The summed E-state index contributed by atoms with van der Waals surface area (Å²) in [4.78, 5) is 0. The van der Waals surface area contributed by atoms with E-state index >= 15 is 0 Å².